The van der Waals surface area contributed by atoms with Crippen LogP contribution in [0.3, 0.4) is 0 Å². The van der Waals surface area contributed by atoms with E-state index in [1.54, 1.807) is 4.90 Å². The summed E-state index contributed by atoms with van der Waals surface area (Å²) in [5, 5.41) is 0. The van der Waals surface area contributed by atoms with E-state index in [4.69, 9.17) is 10.6 Å². The van der Waals surface area contributed by atoms with Gasteiger partial charge in [-0.3, -0.25) is 9.78 Å². The smallest absolute Gasteiger partial charge is 0.274 e. The molecule has 1 aliphatic rings. The van der Waals surface area contributed by atoms with E-state index in [2.05, 4.69) is 15.4 Å². The number of likely N-dealkylation sites (N-methyl/N-ethyl adjacent to an activating group) is 1. The van der Waals surface area contributed by atoms with Crippen molar-refractivity contribution < 1.29 is 9.53 Å². The molecular formula is C12H19N5O2. The molecule has 0 radical (unpaired) electrons. The minimum Gasteiger partial charge on any atom is -0.376 e. The van der Waals surface area contributed by atoms with Crippen LogP contribution in [0.4, 0.5) is 5.82 Å². The van der Waals surface area contributed by atoms with Crippen LogP contribution in [0.15, 0.2) is 12.4 Å². The van der Waals surface area contributed by atoms with Crippen molar-refractivity contribution in [2.75, 3.05) is 25.1 Å². The quantitative estimate of drug-likeness (QED) is 0.591. The molecule has 0 spiro atoms. The van der Waals surface area contributed by atoms with Gasteiger partial charge in [0.2, 0.25) is 0 Å². The first-order valence-electron chi connectivity index (χ1n) is 6.44. The molecule has 0 aromatic carbocycles. The minimum absolute atomic E-state index is 0.132. The molecule has 2 rings (SSSR count). The molecule has 0 bridgehead atoms. The molecule has 1 aromatic rings. The fourth-order valence-corrected chi connectivity index (χ4v) is 2.09. The molecule has 1 fully saturated rings. The van der Waals surface area contributed by atoms with Gasteiger partial charge >= 0.3 is 0 Å². The van der Waals surface area contributed by atoms with Gasteiger partial charge in [0.15, 0.2) is 5.82 Å². The van der Waals surface area contributed by atoms with Gasteiger partial charge in [-0.05, 0) is 19.8 Å². The summed E-state index contributed by atoms with van der Waals surface area (Å²) in [6, 6.07) is 0. The van der Waals surface area contributed by atoms with Crippen LogP contribution < -0.4 is 11.3 Å². The topological polar surface area (TPSA) is 93.4 Å². The zero-order valence-electron chi connectivity index (χ0n) is 11.0. The third kappa shape index (κ3) is 3.39. The number of nitrogens with one attached hydrogen (secondary N) is 1. The highest BCUT2D eigenvalue weighted by Gasteiger charge is 2.23. The Morgan fingerprint density at radius 3 is 3.11 bits per heavy atom. The van der Waals surface area contributed by atoms with Crippen molar-refractivity contribution in [3.63, 3.8) is 0 Å². The SMILES string of the molecule is CCN(CC1CCCO1)C(=O)c1cncc(NN)n1. The van der Waals surface area contributed by atoms with Crippen molar-refractivity contribution in [2.45, 2.75) is 25.9 Å². The van der Waals surface area contributed by atoms with Crippen LogP contribution in [0.25, 0.3) is 0 Å². The van der Waals surface area contributed by atoms with Gasteiger partial charge in [0, 0.05) is 19.7 Å². The van der Waals surface area contributed by atoms with Gasteiger partial charge in [0.05, 0.1) is 18.5 Å². The highest BCUT2D eigenvalue weighted by atomic mass is 16.5. The summed E-state index contributed by atoms with van der Waals surface area (Å²) < 4.78 is 5.55. The molecule has 1 saturated heterocycles. The fraction of sp³-hybridized carbons (Fsp3) is 0.583. The molecule has 19 heavy (non-hydrogen) atoms. The van der Waals surface area contributed by atoms with Gasteiger partial charge in [0.25, 0.3) is 5.91 Å². The third-order valence-electron chi connectivity index (χ3n) is 3.12. The molecule has 1 amide bonds. The molecule has 7 nitrogen and oxygen atoms in total. The predicted octanol–water partition coefficient (Wildman–Crippen LogP) is 0.403. The number of hydrogen-bond acceptors (Lipinski definition) is 6. The lowest BCUT2D eigenvalue weighted by atomic mass is 10.2. The molecule has 0 saturated carbocycles. The molecule has 1 unspecified atom stereocenters. The summed E-state index contributed by atoms with van der Waals surface area (Å²) in [5.41, 5.74) is 2.67. The van der Waals surface area contributed by atoms with Crippen LogP contribution in [-0.4, -0.2) is 46.6 Å². The Morgan fingerprint density at radius 2 is 2.47 bits per heavy atom. The molecule has 1 aromatic heterocycles. The van der Waals surface area contributed by atoms with Gasteiger partial charge in [-0.2, -0.15) is 0 Å². The Labute approximate surface area is 112 Å². The first-order chi connectivity index (χ1) is 9.24. The first kappa shape index (κ1) is 13.7. The number of aromatic nitrogens is 2. The average molecular weight is 265 g/mol. The first-order valence-corrected chi connectivity index (χ1v) is 6.44. The van der Waals surface area contributed by atoms with Gasteiger partial charge < -0.3 is 15.1 Å². The van der Waals surface area contributed by atoms with Gasteiger partial charge in [-0.25, -0.2) is 10.8 Å². The van der Waals surface area contributed by atoms with Crippen LogP contribution >= 0.6 is 0 Å². The Kier molecular flexibility index (Phi) is 4.64. The molecule has 7 heteroatoms. The largest absolute Gasteiger partial charge is 0.376 e. The van der Waals surface area contributed by atoms with Crippen LogP contribution in [-0.2, 0) is 4.74 Å². The minimum atomic E-state index is -0.150. The van der Waals surface area contributed by atoms with Gasteiger partial charge in [-0.1, -0.05) is 0 Å². The normalized spacial score (nSPS) is 18.3. The lowest BCUT2D eigenvalue weighted by Crippen LogP contribution is -2.37. The number of nitrogens with two attached hydrogens (primary N) is 1. The second-order valence-electron chi connectivity index (χ2n) is 4.41. The summed E-state index contributed by atoms with van der Waals surface area (Å²) >= 11 is 0. The highest BCUT2D eigenvalue weighted by molar-refractivity contribution is 5.92. The number of hydrogen-bond donors (Lipinski definition) is 2. The number of nitrogens with zero attached hydrogens (tertiary/aromatic N) is 3. The maximum atomic E-state index is 12.3. The number of anilines is 1. The maximum absolute atomic E-state index is 12.3. The van der Waals surface area contributed by atoms with E-state index in [1.807, 2.05) is 6.92 Å². The van der Waals surface area contributed by atoms with Gasteiger partial charge in [-0.15, -0.1) is 0 Å². The second-order valence-corrected chi connectivity index (χ2v) is 4.41. The molecular weight excluding hydrogens is 246 g/mol. The highest BCUT2D eigenvalue weighted by Crippen LogP contribution is 2.14. The Morgan fingerprint density at radius 1 is 1.63 bits per heavy atom. The van der Waals surface area contributed by atoms with E-state index in [-0.39, 0.29) is 17.7 Å². The summed E-state index contributed by atoms with van der Waals surface area (Å²) in [6.45, 7) is 3.92. The zero-order valence-corrected chi connectivity index (χ0v) is 11.0. The van der Waals surface area contributed by atoms with Crippen molar-refractivity contribution in [1.29, 1.82) is 0 Å². The third-order valence-corrected chi connectivity index (χ3v) is 3.12. The van der Waals surface area contributed by atoms with Crippen LogP contribution in [0.2, 0.25) is 0 Å². The fourth-order valence-electron chi connectivity index (χ4n) is 2.09. The van der Waals surface area contributed by atoms with E-state index in [1.165, 1.54) is 12.4 Å². The lowest BCUT2D eigenvalue weighted by molar-refractivity contribution is 0.0534. The second kappa shape index (κ2) is 6.44. The van der Waals surface area contributed by atoms with Crippen molar-refractivity contribution in [3.05, 3.63) is 18.1 Å². The van der Waals surface area contributed by atoms with Crippen LogP contribution in [0.5, 0.6) is 0 Å². The van der Waals surface area contributed by atoms with E-state index in [0.29, 0.717) is 18.9 Å². The van der Waals surface area contributed by atoms with Crippen LogP contribution in [0.1, 0.15) is 30.3 Å². The maximum Gasteiger partial charge on any atom is 0.274 e. The summed E-state index contributed by atoms with van der Waals surface area (Å²) in [7, 11) is 0. The van der Waals surface area contributed by atoms with E-state index >= 15 is 0 Å². The molecule has 1 aliphatic heterocycles. The Balaban J connectivity index is 2.06. The molecule has 104 valence electrons. The number of carbonyl (C=O) groups is 1. The standard InChI is InChI=1S/C12H19N5O2/c1-2-17(8-9-4-3-5-19-9)12(18)10-6-14-7-11(15-10)16-13/h6-7,9H,2-5,8,13H2,1H3,(H,15,16). The van der Waals surface area contributed by atoms with Crippen molar-refractivity contribution in [2.24, 2.45) is 5.84 Å². The molecule has 3 N–H and O–H groups in total. The van der Waals surface area contributed by atoms with Crippen LogP contribution in [0, 0.1) is 0 Å². The number of hydrazine groups is 1. The van der Waals surface area contributed by atoms with Crippen molar-refractivity contribution >= 4 is 11.7 Å². The van der Waals surface area contributed by atoms with Gasteiger partial charge in [0.1, 0.15) is 5.69 Å². The van der Waals surface area contributed by atoms with Crippen molar-refractivity contribution in [1.82, 2.24) is 14.9 Å². The summed E-state index contributed by atoms with van der Waals surface area (Å²) in [4.78, 5) is 22.1. The molecule has 2 heterocycles. The molecule has 1 atom stereocenters. The zero-order chi connectivity index (χ0) is 13.7. The van der Waals surface area contributed by atoms with E-state index in [9.17, 15) is 4.79 Å². The monoisotopic (exact) mass is 265 g/mol. The number of ether oxygens (including phenoxy) is 1. The Hall–Kier alpha value is -1.73. The lowest BCUT2D eigenvalue weighted by Gasteiger charge is -2.23. The van der Waals surface area contributed by atoms with E-state index in [0.717, 1.165) is 19.4 Å². The summed E-state index contributed by atoms with van der Waals surface area (Å²) in [6.07, 6.45) is 5.10. The molecule has 0 aliphatic carbocycles. The average Bonchev–Trinajstić information content (AvgIpc) is 2.97. The number of amides is 1. The summed E-state index contributed by atoms with van der Waals surface area (Å²) in [5.74, 6) is 5.49. The predicted molar refractivity (Wildman–Crippen MR) is 70.4 cm³/mol. The van der Waals surface area contributed by atoms with Crippen molar-refractivity contribution in [3.8, 4) is 0 Å². The number of nitrogen functional groups attached to an aromatic ring is 1. The Bertz CT molecular complexity index is 434. The number of carbonyl (C=O) groups excluding carboxylic acids is 1. The van der Waals surface area contributed by atoms with E-state index < -0.39 is 0 Å². The number of rotatable bonds is 5.